The lowest BCUT2D eigenvalue weighted by atomic mass is 10.0. The largest absolute Gasteiger partial charge is 0.477 e. The number of ether oxygens (including phenoxy) is 4. The van der Waals surface area contributed by atoms with Crippen molar-refractivity contribution in [1.29, 1.82) is 0 Å². The predicted octanol–water partition coefficient (Wildman–Crippen LogP) is 19.2. The van der Waals surface area contributed by atoms with E-state index in [1.807, 2.05) is 21.1 Å². The summed E-state index contributed by atoms with van der Waals surface area (Å²) in [4.78, 5) is 37.4. The zero-order valence-corrected chi connectivity index (χ0v) is 51.4. The highest BCUT2D eigenvalue weighted by atomic mass is 16.7. The second kappa shape index (κ2) is 60.3. The van der Waals surface area contributed by atoms with Gasteiger partial charge in [0, 0.05) is 12.8 Å². The Morgan fingerprint density at radius 1 is 0.388 bits per heavy atom. The number of likely N-dealkylation sites (N-methyl/N-ethyl adjacent to an activating group) is 1. The van der Waals surface area contributed by atoms with Gasteiger partial charge >= 0.3 is 17.9 Å². The lowest BCUT2D eigenvalue weighted by Crippen LogP contribution is -2.40. The number of carbonyl (C=O) groups excluding carboxylic acids is 2. The van der Waals surface area contributed by atoms with Gasteiger partial charge in [0.25, 0.3) is 6.29 Å². The quantitative estimate of drug-likeness (QED) is 0.0211. The number of rotatable bonds is 56. The summed E-state index contributed by atoms with van der Waals surface area (Å²) in [5.74, 6) is -2.05. The fraction of sp³-hybridized carbons (Fsp3) is 0.620. The monoisotopic (exact) mass is 1110 g/mol. The van der Waals surface area contributed by atoms with E-state index in [2.05, 4.69) is 160 Å². The molecule has 0 aromatic heterocycles. The molecule has 0 aliphatic carbocycles. The number of nitrogens with zero attached hydrogens (tertiary/aromatic N) is 1. The van der Waals surface area contributed by atoms with Crippen molar-refractivity contribution in [2.45, 2.75) is 238 Å². The van der Waals surface area contributed by atoms with E-state index >= 15 is 0 Å². The zero-order chi connectivity index (χ0) is 58.3. The molecule has 2 atom stereocenters. The van der Waals surface area contributed by atoms with Gasteiger partial charge in [0.1, 0.15) is 13.2 Å². The number of unbranched alkanes of at least 4 members (excludes halogenated alkanes) is 17. The van der Waals surface area contributed by atoms with E-state index in [0.29, 0.717) is 23.9 Å². The van der Waals surface area contributed by atoms with Crippen molar-refractivity contribution < 1.29 is 42.9 Å². The molecule has 9 heteroatoms. The summed E-state index contributed by atoms with van der Waals surface area (Å²) in [7, 11) is 5.95. The minimum atomic E-state index is -1.52. The van der Waals surface area contributed by atoms with Crippen LogP contribution in [0.3, 0.4) is 0 Å². The molecule has 2 unspecified atom stereocenters. The first kappa shape index (κ1) is 75.2. The summed E-state index contributed by atoms with van der Waals surface area (Å²) >= 11 is 0. The lowest BCUT2D eigenvalue weighted by molar-refractivity contribution is -0.870. The molecule has 9 nitrogen and oxygen atoms in total. The van der Waals surface area contributed by atoms with Crippen molar-refractivity contribution >= 4 is 17.9 Å². The smallest absolute Gasteiger partial charge is 0.361 e. The molecule has 0 spiro atoms. The van der Waals surface area contributed by atoms with Crippen LogP contribution in [0, 0.1) is 0 Å². The van der Waals surface area contributed by atoms with Gasteiger partial charge in [-0.2, -0.15) is 0 Å². The molecule has 0 radical (unpaired) electrons. The molecule has 0 saturated carbocycles. The summed E-state index contributed by atoms with van der Waals surface area (Å²) in [5, 5.41) is 9.70. The molecule has 0 aromatic rings. The van der Waals surface area contributed by atoms with E-state index < -0.39 is 24.3 Å². The molecular formula is C71H116NO8+. The van der Waals surface area contributed by atoms with Gasteiger partial charge in [0.2, 0.25) is 0 Å². The van der Waals surface area contributed by atoms with Gasteiger partial charge in [-0.3, -0.25) is 9.59 Å². The molecule has 0 bridgehead atoms. The Balaban J connectivity index is 4.23. The van der Waals surface area contributed by atoms with E-state index in [-0.39, 0.29) is 32.2 Å². The van der Waals surface area contributed by atoms with E-state index in [1.165, 1.54) is 70.6 Å². The maximum atomic E-state index is 12.9. The number of carbonyl (C=O) groups is 3. The zero-order valence-electron chi connectivity index (χ0n) is 51.4. The third-order valence-electron chi connectivity index (χ3n) is 12.9. The molecule has 452 valence electrons. The van der Waals surface area contributed by atoms with Gasteiger partial charge in [-0.25, -0.2) is 4.79 Å². The molecule has 0 heterocycles. The maximum absolute atomic E-state index is 12.9. The van der Waals surface area contributed by atoms with Crippen LogP contribution in [0.5, 0.6) is 0 Å². The lowest BCUT2D eigenvalue weighted by Gasteiger charge is -2.25. The Hall–Kier alpha value is -4.83. The van der Waals surface area contributed by atoms with Crippen LogP contribution in [0.4, 0.5) is 0 Å². The summed E-state index contributed by atoms with van der Waals surface area (Å²) < 4.78 is 22.8. The van der Waals surface area contributed by atoms with Crippen LogP contribution in [0.2, 0.25) is 0 Å². The van der Waals surface area contributed by atoms with Crippen LogP contribution in [0.1, 0.15) is 226 Å². The summed E-state index contributed by atoms with van der Waals surface area (Å²) in [5.41, 5.74) is 0. The maximum Gasteiger partial charge on any atom is 0.361 e. The van der Waals surface area contributed by atoms with Gasteiger partial charge in [0.05, 0.1) is 34.4 Å². The Kier molecular flexibility index (Phi) is 56.6. The average Bonchev–Trinajstić information content (AvgIpc) is 3.43. The van der Waals surface area contributed by atoms with Crippen LogP contribution in [0.15, 0.2) is 146 Å². The number of carboxylic acid groups (broad SMARTS) is 1. The molecule has 0 rings (SSSR count). The highest BCUT2D eigenvalue weighted by molar-refractivity contribution is 5.71. The topological polar surface area (TPSA) is 108 Å². The predicted molar refractivity (Wildman–Crippen MR) is 340 cm³/mol. The Labute approximate surface area is 490 Å². The standard InChI is InChI=1S/C71H115NO8/c1-6-8-10-12-14-16-18-20-22-23-24-25-26-27-28-29-30-31-32-33-34-35-36-37-38-39-40-41-42-43-44-45-46-47-48-50-52-54-56-58-60-62-69(74)80-67(66-79-71(70(75)76)77-64-63-72(3,4)5)65-78-68(73)61-59-57-55-53-51-49-21-19-17-15-13-11-9-7-2/h8,10,14,16,20,22,24-25,27-28,30-31,33-34,36-37,39-40,42-43,45-46,48,50,67,71H,6-7,9,11-13,15,17-19,21,23,26,29,32,35,38,41,44,47,49,51-66H2,1-5H3/p+1/b10-8-,16-14-,22-20-,25-24-,28-27-,31-30-,34-33-,37-36-,40-39-,43-42-,46-45-,50-48-. The van der Waals surface area contributed by atoms with Crippen LogP contribution in [0.25, 0.3) is 0 Å². The van der Waals surface area contributed by atoms with Crippen LogP contribution < -0.4 is 0 Å². The number of allylic oxidation sites excluding steroid dienone is 24. The fourth-order valence-electron chi connectivity index (χ4n) is 8.05. The van der Waals surface area contributed by atoms with Gasteiger partial charge in [-0.1, -0.05) is 256 Å². The molecule has 0 aliphatic heterocycles. The number of aliphatic carboxylic acids is 1. The first-order valence-electron chi connectivity index (χ1n) is 31.5. The van der Waals surface area contributed by atoms with E-state index in [4.69, 9.17) is 18.9 Å². The molecule has 80 heavy (non-hydrogen) atoms. The van der Waals surface area contributed by atoms with Crippen molar-refractivity contribution in [3.8, 4) is 0 Å². The van der Waals surface area contributed by atoms with Crippen LogP contribution >= 0.6 is 0 Å². The van der Waals surface area contributed by atoms with Crippen LogP contribution in [-0.4, -0.2) is 87.4 Å². The Bertz CT molecular complexity index is 1820. The number of quaternary nitrogens is 1. The van der Waals surface area contributed by atoms with E-state index in [9.17, 15) is 19.5 Å². The molecule has 0 aromatic carbocycles. The highest BCUT2D eigenvalue weighted by Gasteiger charge is 2.25. The van der Waals surface area contributed by atoms with Gasteiger partial charge in [0.15, 0.2) is 6.10 Å². The Morgan fingerprint density at radius 2 is 0.713 bits per heavy atom. The molecule has 1 N–H and O–H groups in total. The van der Waals surface area contributed by atoms with Gasteiger partial charge < -0.3 is 28.5 Å². The van der Waals surface area contributed by atoms with Crippen LogP contribution in [-0.2, 0) is 33.3 Å². The number of hydrogen-bond acceptors (Lipinski definition) is 7. The third kappa shape index (κ3) is 60.8. The molecule has 0 fully saturated rings. The van der Waals surface area contributed by atoms with Crippen molar-refractivity contribution in [3.63, 3.8) is 0 Å². The van der Waals surface area contributed by atoms with Crippen molar-refractivity contribution in [2.75, 3.05) is 47.5 Å². The molecule has 0 amide bonds. The normalized spacial score (nSPS) is 13.8. The van der Waals surface area contributed by atoms with Crippen molar-refractivity contribution in [2.24, 2.45) is 0 Å². The molecular weight excluding hydrogens is 995 g/mol. The average molecular weight is 1110 g/mol. The fourth-order valence-corrected chi connectivity index (χ4v) is 8.05. The minimum absolute atomic E-state index is 0.176. The van der Waals surface area contributed by atoms with Gasteiger partial charge in [-0.15, -0.1) is 0 Å². The summed E-state index contributed by atoms with van der Waals surface area (Å²) in [6.07, 6.45) is 85.1. The van der Waals surface area contributed by atoms with Crippen molar-refractivity contribution in [1.82, 2.24) is 0 Å². The number of esters is 2. The first-order valence-corrected chi connectivity index (χ1v) is 31.5. The second-order valence-electron chi connectivity index (χ2n) is 21.6. The first-order chi connectivity index (χ1) is 39.1. The van der Waals surface area contributed by atoms with Gasteiger partial charge in [-0.05, 0) is 103 Å². The summed E-state index contributed by atoms with van der Waals surface area (Å²) in [6.45, 7) is 4.72. The van der Waals surface area contributed by atoms with Crippen molar-refractivity contribution in [3.05, 3.63) is 146 Å². The third-order valence-corrected chi connectivity index (χ3v) is 12.9. The molecule has 0 saturated heterocycles. The second-order valence-corrected chi connectivity index (χ2v) is 21.6. The SMILES string of the molecule is CC/C=C\C/C=C\C/C=C\C/C=C\C/C=C\C/C=C\C/C=C\C/C=C\C/C=C\C/C=C\C/C=C\C/C=C\CCCCCCC(=O)OC(COC(=O)CCCCCCCCCCCCCCCC)COC(OCC[N+](C)(C)C)C(=O)O. The van der Waals surface area contributed by atoms with E-state index in [0.717, 1.165) is 122 Å². The number of carboxylic acids is 1. The molecule has 0 aliphatic rings. The Morgan fingerprint density at radius 3 is 1.06 bits per heavy atom. The highest BCUT2D eigenvalue weighted by Crippen LogP contribution is 2.15. The van der Waals surface area contributed by atoms with E-state index in [1.54, 1.807) is 0 Å². The summed E-state index contributed by atoms with van der Waals surface area (Å²) in [6, 6.07) is 0. The minimum Gasteiger partial charge on any atom is -0.477 e. The number of hydrogen-bond donors (Lipinski definition) is 1.